The van der Waals surface area contributed by atoms with Crippen molar-refractivity contribution in [1.29, 1.82) is 0 Å². The molecule has 0 spiro atoms. The summed E-state index contributed by atoms with van der Waals surface area (Å²) in [5.74, 6) is 1.45. The van der Waals surface area contributed by atoms with Gasteiger partial charge < -0.3 is 14.6 Å². The summed E-state index contributed by atoms with van der Waals surface area (Å²) in [4.78, 5) is 26.3. The summed E-state index contributed by atoms with van der Waals surface area (Å²) in [5, 5.41) is 15.0. The smallest absolute Gasteiger partial charge is 0.253 e. The van der Waals surface area contributed by atoms with Gasteiger partial charge in [-0.2, -0.15) is 0 Å². The number of aromatic amines is 1. The van der Waals surface area contributed by atoms with Gasteiger partial charge >= 0.3 is 0 Å². The van der Waals surface area contributed by atoms with E-state index in [2.05, 4.69) is 48.5 Å². The summed E-state index contributed by atoms with van der Waals surface area (Å²) in [5.41, 5.74) is 2.32. The number of tetrazole rings is 1. The van der Waals surface area contributed by atoms with Gasteiger partial charge in [-0.1, -0.05) is 36.3 Å². The number of thiazole rings is 1. The lowest BCUT2D eigenvalue weighted by Gasteiger charge is -2.38. The van der Waals surface area contributed by atoms with Gasteiger partial charge in [0.2, 0.25) is 0 Å². The quantitative estimate of drug-likeness (QED) is 0.341. The van der Waals surface area contributed by atoms with Gasteiger partial charge in [0.25, 0.3) is 5.56 Å². The van der Waals surface area contributed by atoms with Crippen molar-refractivity contribution in [2.24, 2.45) is 0 Å². The molecule has 3 aromatic heterocycles. The molecular weight excluding hydrogens is 512 g/mol. The highest BCUT2D eigenvalue weighted by Crippen LogP contribution is 2.35. The molecule has 5 aromatic rings. The molecular formula is C28H30N8O2S. The van der Waals surface area contributed by atoms with Gasteiger partial charge in [0.15, 0.2) is 11.0 Å². The highest BCUT2D eigenvalue weighted by molar-refractivity contribution is 7.22. The van der Waals surface area contributed by atoms with Crippen LogP contribution in [0.4, 0.5) is 5.13 Å². The second-order valence-electron chi connectivity index (χ2n) is 10.3. The number of pyridine rings is 1. The van der Waals surface area contributed by atoms with Crippen molar-refractivity contribution in [1.82, 2.24) is 35.1 Å². The van der Waals surface area contributed by atoms with Crippen molar-refractivity contribution in [3.63, 3.8) is 0 Å². The van der Waals surface area contributed by atoms with Crippen LogP contribution in [0.1, 0.15) is 49.2 Å². The number of rotatable bonds is 6. The van der Waals surface area contributed by atoms with Crippen LogP contribution in [0.25, 0.3) is 21.1 Å². The molecule has 0 amide bonds. The molecule has 200 valence electrons. The molecule has 1 atom stereocenters. The molecule has 11 heteroatoms. The van der Waals surface area contributed by atoms with Crippen LogP contribution >= 0.6 is 11.3 Å². The topological polar surface area (TPSA) is 105 Å². The number of para-hydroxylation sites is 1. The number of nitrogens with zero attached hydrogens (tertiary/aromatic N) is 7. The van der Waals surface area contributed by atoms with E-state index in [1.165, 1.54) is 17.5 Å². The average Bonchev–Trinajstić information content (AvgIpc) is 3.74. The third-order valence-corrected chi connectivity index (χ3v) is 9.14. The molecule has 1 saturated heterocycles. The Morgan fingerprint density at radius 2 is 1.87 bits per heavy atom. The van der Waals surface area contributed by atoms with Gasteiger partial charge in [-0.25, -0.2) is 9.67 Å². The zero-order valence-electron chi connectivity index (χ0n) is 21.8. The molecule has 1 aliphatic heterocycles. The molecule has 7 rings (SSSR count). The first-order chi connectivity index (χ1) is 19.2. The van der Waals surface area contributed by atoms with E-state index in [1.54, 1.807) is 18.4 Å². The van der Waals surface area contributed by atoms with E-state index >= 15 is 0 Å². The highest BCUT2D eigenvalue weighted by Gasteiger charge is 2.35. The second-order valence-corrected chi connectivity index (χ2v) is 11.3. The molecule has 2 aliphatic rings. The van der Waals surface area contributed by atoms with E-state index in [4.69, 9.17) is 9.72 Å². The number of aromatic nitrogens is 6. The van der Waals surface area contributed by atoms with Gasteiger partial charge in [0.1, 0.15) is 11.8 Å². The Bertz CT molecular complexity index is 1650. The van der Waals surface area contributed by atoms with E-state index < -0.39 is 0 Å². The van der Waals surface area contributed by atoms with Crippen molar-refractivity contribution in [2.45, 2.75) is 37.8 Å². The molecule has 1 N–H and O–H groups in total. The molecule has 1 aliphatic carbocycles. The van der Waals surface area contributed by atoms with Crippen molar-refractivity contribution >= 4 is 37.6 Å². The second kappa shape index (κ2) is 10.0. The Kier molecular flexibility index (Phi) is 6.24. The number of nitrogens with one attached hydrogen (secondary N) is 1. The van der Waals surface area contributed by atoms with Crippen LogP contribution in [0.15, 0.2) is 53.3 Å². The van der Waals surface area contributed by atoms with Crippen LogP contribution in [0.3, 0.4) is 0 Å². The third kappa shape index (κ3) is 4.45. The van der Waals surface area contributed by atoms with E-state index in [-0.39, 0.29) is 17.6 Å². The van der Waals surface area contributed by atoms with Crippen LogP contribution in [-0.2, 0) is 0 Å². The molecule has 2 fully saturated rings. The maximum absolute atomic E-state index is 13.6. The predicted octanol–water partition coefficient (Wildman–Crippen LogP) is 4.16. The van der Waals surface area contributed by atoms with Crippen LogP contribution < -0.4 is 15.2 Å². The van der Waals surface area contributed by atoms with Crippen LogP contribution in [0, 0.1) is 0 Å². The predicted molar refractivity (Wildman–Crippen MR) is 152 cm³/mol. The minimum atomic E-state index is -0.353. The van der Waals surface area contributed by atoms with Crippen LogP contribution in [-0.4, -0.2) is 68.4 Å². The van der Waals surface area contributed by atoms with E-state index in [0.717, 1.165) is 66.4 Å². The summed E-state index contributed by atoms with van der Waals surface area (Å²) >= 11 is 1.73. The van der Waals surface area contributed by atoms with E-state index in [0.29, 0.717) is 11.3 Å². The number of anilines is 1. The molecule has 1 saturated carbocycles. The van der Waals surface area contributed by atoms with Gasteiger partial charge in [-0.05, 0) is 59.0 Å². The van der Waals surface area contributed by atoms with Crippen molar-refractivity contribution in [3.05, 3.63) is 70.3 Å². The maximum Gasteiger partial charge on any atom is 0.253 e. The summed E-state index contributed by atoms with van der Waals surface area (Å²) < 4.78 is 8.54. The fourth-order valence-electron chi connectivity index (χ4n) is 5.98. The summed E-state index contributed by atoms with van der Waals surface area (Å²) in [6.07, 6.45) is 4.47. The number of methoxy groups -OCH3 is 1. The normalized spacial score (nSPS) is 17.8. The summed E-state index contributed by atoms with van der Waals surface area (Å²) in [7, 11) is 1.63. The van der Waals surface area contributed by atoms with Gasteiger partial charge in [0, 0.05) is 37.8 Å². The average molecular weight is 543 g/mol. The lowest BCUT2D eigenvalue weighted by molar-refractivity contribution is 0.197. The molecule has 0 radical (unpaired) electrons. The molecule has 2 aromatic carbocycles. The molecule has 0 bridgehead atoms. The first-order valence-electron chi connectivity index (χ1n) is 13.5. The zero-order chi connectivity index (χ0) is 26.3. The Balaban J connectivity index is 1.25. The number of benzene rings is 2. The number of ether oxygens (including phenoxy) is 1. The van der Waals surface area contributed by atoms with E-state index in [1.807, 2.05) is 35.0 Å². The monoisotopic (exact) mass is 542 g/mol. The van der Waals surface area contributed by atoms with Gasteiger partial charge in [-0.15, -0.1) is 5.10 Å². The van der Waals surface area contributed by atoms with Crippen LogP contribution in [0.5, 0.6) is 5.75 Å². The maximum atomic E-state index is 13.6. The first-order valence-corrected chi connectivity index (χ1v) is 14.3. The Morgan fingerprint density at radius 1 is 1.05 bits per heavy atom. The fraction of sp³-hybridized carbons (Fsp3) is 0.393. The standard InChI is InChI=1S/C28H30N8O2S/c1-38-20-11-10-18-16-21(27(37)29-23(18)17-20)25(26-31-32-33-36(26)19-6-2-3-7-19)34-12-14-35(15-13-34)28-30-22-8-4-5-9-24(22)39-28/h4-5,8-11,16-17,19,25H,2-3,6-7,12-15H2,1H3,(H,29,37). The minimum absolute atomic E-state index is 0.129. The summed E-state index contributed by atoms with van der Waals surface area (Å²) in [6, 6.07) is 15.9. The zero-order valence-corrected chi connectivity index (χ0v) is 22.6. The van der Waals surface area contributed by atoms with Crippen molar-refractivity contribution in [3.8, 4) is 5.75 Å². The first kappa shape index (κ1) is 24.2. The number of H-pyrrole nitrogens is 1. The van der Waals surface area contributed by atoms with Crippen molar-refractivity contribution < 1.29 is 4.74 Å². The Labute approximate surface area is 229 Å². The molecule has 1 unspecified atom stereocenters. The molecule has 10 nitrogen and oxygen atoms in total. The highest BCUT2D eigenvalue weighted by atomic mass is 32.1. The Hall–Kier alpha value is -3.83. The van der Waals surface area contributed by atoms with E-state index in [9.17, 15) is 4.79 Å². The lowest BCUT2D eigenvalue weighted by Crippen LogP contribution is -2.49. The van der Waals surface area contributed by atoms with Crippen LogP contribution in [0.2, 0.25) is 0 Å². The van der Waals surface area contributed by atoms with Crippen molar-refractivity contribution in [2.75, 3.05) is 38.2 Å². The molecule has 39 heavy (non-hydrogen) atoms. The third-order valence-electron chi connectivity index (χ3n) is 8.04. The minimum Gasteiger partial charge on any atom is -0.497 e. The SMILES string of the molecule is COc1ccc2cc(C(c3nnnn3C3CCCC3)N3CCN(c4nc5ccccc5s4)CC3)c(=O)[nH]c2c1. The van der Waals surface area contributed by atoms with Gasteiger partial charge in [0.05, 0.1) is 28.9 Å². The number of fused-ring (bicyclic) bond motifs is 2. The largest absolute Gasteiger partial charge is 0.497 e. The number of hydrogen-bond donors (Lipinski definition) is 1. The molecule has 4 heterocycles. The lowest BCUT2D eigenvalue weighted by atomic mass is 10.0. The number of hydrogen-bond acceptors (Lipinski definition) is 9. The summed E-state index contributed by atoms with van der Waals surface area (Å²) in [6.45, 7) is 3.14. The van der Waals surface area contributed by atoms with Gasteiger partial charge in [-0.3, -0.25) is 9.69 Å². The fourth-order valence-corrected chi connectivity index (χ4v) is 7.00. The number of piperazine rings is 1. The Morgan fingerprint density at radius 3 is 2.67 bits per heavy atom.